The molecule has 0 spiro atoms. The Kier molecular flexibility index (Phi) is 6.91. The molecule has 2 N–H and O–H groups in total. The number of aliphatic hydroxyl groups is 1. The van der Waals surface area contributed by atoms with E-state index < -0.39 is 6.10 Å². The Hall–Kier alpha value is -2.04. The number of nitrogens with one attached hydrogen (secondary N) is 1. The number of aliphatic hydroxyl groups excluding tert-OH is 1. The molecule has 0 aliphatic rings. The van der Waals surface area contributed by atoms with Gasteiger partial charge < -0.3 is 10.4 Å². The number of carbonyl (C=O) groups excluding carboxylic acids is 1. The van der Waals surface area contributed by atoms with E-state index in [2.05, 4.69) is 5.32 Å². The summed E-state index contributed by atoms with van der Waals surface area (Å²) in [6.45, 7) is 0.240. The van der Waals surface area contributed by atoms with Crippen LogP contribution < -0.4 is 5.32 Å². The second-order valence-corrected chi connectivity index (χ2v) is 6.07. The number of thioether (sulfide) groups is 1. The minimum Gasteiger partial charge on any atom is -0.391 e. The Labute approximate surface area is 141 Å². The first-order chi connectivity index (χ1) is 11.2. The van der Waals surface area contributed by atoms with Gasteiger partial charge in [-0.2, -0.15) is 0 Å². The lowest BCUT2D eigenvalue weighted by atomic mass is 10.1. The highest BCUT2D eigenvalue weighted by Gasteiger charge is 2.06. The predicted octanol–water partition coefficient (Wildman–Crippen LogP) is 3.14. The molecule has 0 aliphatic heterocycles. The van der Waals surface area contributed by atoms with E-state index in [0.717, 1.165) is 11.1 Å². The third kappa shape index (κ3) is 6.30. The van der Waals surface area contributed by atoms with Gasteiger partial charge in [0.15, 0.2) is 0 Å². The molecule has 2 aromatic rings. The molecule has 4 heteroatoms. The molecule has 0 bridgehead atoms. The van der Waals surface area contributed by atoms with Crippen LogP contribution in [0.4, 0.5) is 0 Å². The van der Waals surface area contributed by atoms with Crippen molar-refractivity contribution in [3.05, 3.63) is 71.8 Å². The average molecular weight is 327 g/mol. The molecule has 23 heavy (non-hydrogen) atoms. The quantitative estimate of drug-likeness (QED) is 0.607. The second-order valence-electron chi connectivity index (χ2n) is 5.20. The van der Waals surface area contributed by atoms with E-state index in [1.54, 1.807) is 17.8 Å². The SMILES string of the molecule is CSc1ccc(C=CC(=O)NCC(O)Cc2ccccc2)cc1. The molecule has 0 aliphatic carbocycles. The van der Waals surface area contributed by atoms with Crippen molar-refractivity contribution >= 4 is 23.7 Å². The molecule has 0 radical (unpaired) electrons. The van der Waals surface area contributed by atoms with Crippen molar-refractivity contribution in [2.45, 2.75) is 17.4 Å². The van der Waals surface area contributed by atoms with Crippen molar-refractivity contribution < 1.29 is 9.90 Å². The van der Waals surface area contributed by atoms with Crippen molar-refractivity contribution in [2.75, 3.05) is 12.8 Å². The molecule has 1 atom stereocenters. The fraction of sp³-hybridized carbons (Fsp3) is 0.211. The Bertz CT molecular complexity index is 638. The van der Waals surface area contributed by atoms with Crippen molar-refractivity contribution in [2.24, 2.45) is 0 Å². The van der Waals surface area contributed by atoms with Crippen molar-refractivity contribution in [1.82, 2.24) is 5.32 Å². The molecule has 0 fully saturated rings. The third-order valence-electron chi connectivity index (χ3n) is 3.37. The number of benzene rings is 2. The first-order valence-corrected chi connectivity index (χ1v) is 8.72. The Morgan fingerprint density at radius 3 is 2.52 bits per heavy atom. The van der Waals surface area contributed by atoms with Crippen LogP contribution in [0.3, 0.4) is 0 Å². The first-order valence-electron chi connectivity index (χ1n) is 7.49. The molecule has 120 valence electrons. The van der Waals surface area contributed by atoms with Crippen molar-refractivity contribution in [3.8, 4) is 0 Å². The minimum absolute atomic E-state index is 0.203. The van der Waals surface area contributed by atoms with Gasteiger partial charge in [-0.25, -0.2) is 0 Å². The smallest absolute Gasteiger partial charge is 0.244 e. The molecule has 1 unspecified atom stereocenters. The van der Waals surface area contributed by atoms with Gasteiger partial charge in [-0.1, -0.05) is 42.5 Å². The maximum atomic E-state index is 11.8. The van der Waals surface area contributed by atoms with Gasteiger partial charge in [0, 0.05) is 23.9 Å². The first kappa shape index (κ1) is 17.3. The van der Waals surface area contributed by atoms with Crippen LogP contribution in [0.2, 0.25) is 0 Å². The van der Waals surface area contributed by atoms with Gasteiger partial charge in [0.25, 0.3) is 0 Å². The summed E-state index contributed by atoms with van der Waals surface area (Å²) in [5.74, 6) is -0.203. The molecule has 2 rings (SSSR count). The third-order valence-corrected chi connectivity index (χ3v) is 4.11. The van der Waals surface area contributed by atoms with Crippen LogP contribution in [0.15, 0.2) is 65.6 Å². The van der Waals surface area contributed by atoms with Gasteiger partial charge in [0.1, 0.15) is 0 Å². The molecule has 0 saturated heterocycles. The number of hydrogen-bond donors (Lipinski definition) is 2. The highest BCUT2D eigenvalue weighted by Crippen LogP contribution is 2.15. The van der Waals surface area contributed by atoms with Crippen LogP contribution >= 0.6 is 11.8 Å². The van der Waals surface area contributed by atoms with Gasteiger partial charge >= 0.3 is 0 Å². The van der Waals surface area contributed by atoms with E-state index >= 15 is 0 Å². The summed E-state index contributed by atoms with van der Waals surface area (Å²) in [6.07, 6.45) is 5.22. The van der Waals surface area contributed by atoms with Crippen LogP contribution in [0, 0.1) is 0 Å². The average Bonchev–Trinajstić information content (AvgIpc) is 2.59. The van der Waals surface area contributed by atoms with E-state index in [-0.39, 0.29) is 12.5 Å². The van der Waals surface area contributed by atoms with Gasteiger partial charge in [-0.05, 0) is 35.6 Å². The summed E-state index contributed by atoms with van der Waals surface area (Å²) in [4.78, 5) is 13.0. The van der Waals surface area contributed by atoms with E-state index in [4.69, 9.17) is 0 Å². The van der Waals surface area contributed by atoms with Crippen molar-refractivity contribution in [3.63, 3.8) is 0 Å². The van der Waals surface area contributed by atoms with Gasteiger partial charge in [0.05, 0.1) is 6.10 Å². The number of amides is 1. The second kappa shape index (κ2) is 9.18. The fourth-order valence-corrected chi connectivity index (χ4v) is 2.53. The molecule has 2 aromatic carbocycles. The number of carbonyl (C=O) groups is 1. The molecule has 0 aromatic heterocycles. The van der Waals surface area contributed by atoms with Gasteiger partial charge in [-0.15, -0.1) is 11.8 Å². The zero-order valence-corrected chi connectivity index (χ0v) is 13.9. The summed E-state index contributed by atoms with van der Waals surface area (Å²) in [5, 5.41) is 12.7. The zero-order valence-electron chi connectivity index (χ0n) is 13.1. The molecule has 0 heterocycles. The lowest BCUT2D eigenvalue weighted by molar-refractivity contribution is -0.116. The van der Waals surface area contributed by atoms with Crippen LogP contribution in [0.25, 0.3) is 6.08 Å². The number of rotatable bonds is 7. The summed E-state index contributed by atoms with van der Waals surface area (Å²) in [5.41, 5.74) is 2.03. The highest BCUT2D eigenvalue weighted by atomic mass is 32.2. The monoisotopic (exact) mass is 327 g/mol. The topological polar surface area (TPSA) is 49.3 Å². The lowest BCUT2D eigenvalue weighted by Gasteiger charge is -2.10. The fourth-order valence-electron chi connectivity index (χ4n) is 2.12. The van der Waals surface area contributed by atoms with Crippen LogP contribution in [-0.4, -0.2) is 29.9 Å². The normalized spacial score (nSPS) is 12.3. The standard InChI is InChI=1S/C19H21NO2S/c1-23-18-10-7-15(8-11-18)9-12-19(22)20-14-17(21)13-16-5-3-2-4-6-16/h2-12,17,21H,13-14H2,1H3,(H,20,22). The van der Waals surface area contributed by atoms with Crippen molar-refractivity contribution in [1.29, 1.82) is 0 Å². The number of hydrogen-bond acceptors (Lipinski definition) is 3. The summed E-state index contributed by atoms with van der Waals surface area (Å²) in [7, 11) is 0. The maximum absolute atomic E-state index is 11.8. The molecular formula is C19H21NO2S. The molecule has 0 saturated carbocycles. The van der Waals surface area contributed by atoms with Crippen LogP contribution in [0.5, 0.6) is 0 Å². The lowest BCUT2D eigenvalue weighted by Crippen LogP contribution is -2.32. The van der Waals surface area contributed by atoms with E-state index in [1.165, 1.54) is 11.0 Å². The van der Waals surface area contributed by atoms with Crippen LogP contribution in [0.1, 0.15) is 11.1 Å². The highest BCUT2D eigenvalue weighted by molar-refractivity contribution is 7.98. The van der Waals surface area contributed by atoms with E-state index in [0.29, 0.717) is 6.42 Å². The zero-order chi connectivity index (χ0) is 16.5. The molecular weight excluding hydrogens is 306 g/mol. The maximum Gasteiger partial charge on any atom is 0.244 e. The Morgan fingerprint density at radius 1 is 1.17 bits per heavy atom. The summed E-state index contributed by atoms with van der Waals surface area (Å²) < 4.78 is 0. The molecule has 3 nitrogen and oxygen atoms in total. The van der Waals surface area contributed by atoms with Gasteiger partial charge in [0.2, 0.25) is 5.91 Å². The summed E-state index contributed by atoms with van der Waals surface area (Å²) >= 11 is 1.68. The van der Waals surface area contributed by atoms with E-state index in [9.17, 15) is 9.90 Å². The molecule has 1 amide bonds. The largest absolute Gasteiger partial charge is 0.391 e. The minimum atomic E-state index is -0.587. The Balaban J connectivity index is 1.76. The predicted molar refractivity (Wildman–Crippen MR) is 96.4 cm³/mol. The summed E-state index contributed by atoms with van der Waals surface area (Å²) in [6, 6.07) is 17.7. The van der Waals surface area contributed by atoms with Crippen LogP contribution in [-0.2, 0) is 11.2 Å². The van der Waals surface area contributed by atoms with E-state index in [1.807, 2.05) is 60.9 Å². The van der Waals surface area contributed by atoms with Gasteiger partial charge in [-0.3, -0.25) is 4.79 Å². The Morgan fingerprint density at radius 2 is 1.87 bits per heavy atom.